The molecule has 0 rings (SSSR count). The summed E-state index contributed by atoms with van der Waals surface area (Å²) in [7, 11) is -3.07. The number of carbonyl (C=O) groups excluding carboxylic acids is 2. The molecule has 0 aliphatic heterocycles. The summed E-state index contributed by atoms with van der Waals surface area (Å²) in [5.74, 6) is -0.762. The summed E-state index contributed by atoms with van der Waals surface area (Å²) in [4.78, 5) is 37.1. The molecular formula is C45H91NO7P+. The van der Waals surface area contributed by atoms with Crippen molar-refractivity contribution in [3.8, 4) is 0 Å². The molecule has 1 unspecified atom stereocenters. The average molecular weight is 789 g/mol. The van der Waals surface area contributed by atoms with E-state index in [0.29, 0.717) is 6.42 Å². The van der Waals surface area contributed by atoms with Gasteiger partial charge in [0.2, 0.25) is 0 Å². The van der Waals surface area contributed by atoms with E-state index >= 15 is 0 Å². The third kappa shape index (κ3) is 45.3. The predicted octanol–water partition coefficient (Wildman–Crippen LogP) is 11.9. The smallest absolute Gasteiger partial charge is 0.488 e. The zero-order chi connectivity index (χ0) is 40.2. The van der Waals surface area contributed by atoms with Gasteiger partial charge in [0.25, 0.3) is 0 Å². The molecule has 0 aliphatic carbocycles. The maximum absolute atomic E-state index is 12.3. The normalized spacial score (nSPS) is 12.0. The Hall–Kier alpha value is -1.08. The van der Waals surface area contributed by atoms with E-state index in [9.17, 15) is 19.0 Å². The molecule has 0 heterocycles. The molecule has 0 radical (unpaired) electrons. The van der Waals surface area contributed by atoms with Crippen molar-refractivity contribution in [1.29, 1.82) is 0 Å². The Balaban J connectivity index is 0. The van der Waals surface area contributed by atoms with Crippen molar-refractivity contribution in [2.24, 2.45) is 0 Å². The number of esters is 2. The Morgan fingerprint density at radius 1 is 0.463 bits per heavy atom. The van der Waals surface area contributed by atoms with Crippen LogP contribution in [-0.4, -0.2) is 50.9 Å². The largest absolute Gasteiger partial charge is 0.566 e. The molecule has 0 bridgehead atoms. The van der Waals surface area contributed by atoms with E-state index in [1.165, 1.54) is 174 Å². The van der Waals surface area contributed by atoms with Gasteiger partial charge in [-0.3, -0.25) is 9.59 Å². The summed E-state index contributed by atoms with van der Waals surface area (Å²) in [6, 6.07) is 0. The van der Waals surface area contributed by atoms with Crippen LogP contribution in [-0.2, 0) is 28.2 Å². The zero-order valence-electron chi connectivity index (χ0n) is 36.5. The van der Waals surface area contributed by atoms with Crippen LogP contribution in [0, 0.1) is 0 Å². The van der Waals surface area contributed by atoms with Gasteiger partial charge in [-0.15, -0.1) is 4.52 Å². The van der Waals surface area contributed by atoms with Crippen molar-refractivity contribution >= 4 is 20.2 Å². The van der Waals surface area contributed by atoms with E-state index in [0.717, 1.165) is 38.5 Å². The van der Waals surface area contributed by atoms with Crippen LogP contribution >= 0.6 is 8.25 Å². The maximum atomic E-state index is 12.3. The second kappa shape index (κ2) is 46.3. The highest BCUT2D eigenvalue weighted by Crippen LogP contribution is 2.17. The molecule has 0 spiro atoms. The van der Waals surface area contributed by atoms with E-state index < -0.39 is 20.3 Å². The molecule has 0 aromatic rings. The SMILES string of the molecule is CCCCCCCCCCCCCCCCCC(=O)OC[C@@H](CO[P+](=O)[O-])OC(=O)CCCCCCCCCCCCCCCCC.CC[NH+](CC)CC. The fourth-order valence-corrected chi connectivity index (χ4v) is 7.08. The Labute approximate surface area is 336 Å². The van der Waals surface area contributed by atoms with Gasteiger partial charge in [-0.2, -0.15) is 0 Å². The van der Waals surface area contributed by atoms with Gasteiger partial charge in [-0.1, -0.05) is 194 Å². The van der Waals surface area contributed by atoms with Crippen molar-refractivity contribution in [3.63, 3.8) is 0 Å². The maximum Gasteiger partial charge on any atom is 0.488 e. The van der Waals surface area contributed by atoms with E-state index in [4.69, 9.17) is 9.47 Å². The van der Waals surface area contributed by atoms with E-state index in [-0.39, 0.29) is 25.6 Å². The fraction of sp³-hybridized carbons (Fsp3) is 0.956. The Morgan fingerprint density at radius 3 is 1.04 bits per heavy atom. The summed E-state index contributed by atoms with van der Waals surface area (Å²) in [6.07, 6.45) is 37.4. The third-order valence-electron chi connectivity index (χ3n) is 10.6. The van der Waals surface area contributed by atoms with Crippen molar-refractivity contribution in [2.45, 2.75) is 246 Å². The van der Waals surface area contributed by atoms with Gasteiger partial charge in [-0.05, 0) is 38.2 Å². The summed E-state index contributed by atoms with van der Waals surface area (Å²) < 4.78 is 26.2. The Morgan fingerprint density at radius 2 is 0.759 bits per heavy atom. The average Bonchev–Trinajstić information content (AvgIpc) is 3.16. The van der Waals surface area contributed by atoms with Gasteiger partial charge in [0.15, 0.2) is 6.10 Å². The van der Waals surface area contributed by atoms with Crippen LogP contribution < -0.4 is 9.79 Å². The topological polar surface area (TPSA) is 106 Å². The monoisotopic (exact) mass is 789 g/mol. The van der Waals surface area contributed by atoms with Crippen molar-refractivity contribution < 1.29 is 37.9 Å². The first kappa shape index (κ1) is 55.0. The third-order valence-corrected chi connectivity index (χ3v) is 10.9. The summed E-state index contributed by atoms with van der Waals surface area (Å²) >= 11 is 0. The van der Waals surface area contributed by atoms with Crippen LogP contribution in [0.4, 0.5) is 0 Å². The lowest BCUT2D eigenvalue weighted by molar-refractivity contribution is -0.894. The minimum atomic E-state index is -3.07. The molecule has 0 aromatic heterocycles. The van der Waals surface area contributed by atoms with Crippen LogP contribution in [0.25, 0.3) is 0 Å². The minimum absolute atomic E-state index is 0.189. The number of nitrogens with one attached hydrogen (secondary N) is 1. The van der Waals surface area contributed by atoms with Crippen molar-refractivity contribution in [3.05, 3.63) is 0 Å². The first-order valence-corrected chi connectivity index (χ1v) is 24.4. The van der Waals surface area contributed by atoms with Crippen LogP contribution in [0.3, 0.4) is 0 Å². The molecule has 0 amide bonds. The van der Waals surface area contributed by atoms with Crippen LogP contribution in [0.5, 0.6) is 0 Å². The molecule has 0 saturated carbocycles. The number of rotatable bonds is 41. The van der Waals surface area contributed by atoms with Crippen LogP contribution in [0.15, 0.2) is 0 Å². The lowest BCUT2D eigenvalue weighted by Gasteiger charge is -2.16. The molecule has 9 heteroatoms. The molecule has 322 valence electrons. The first-order chi connectivity index (χ1) is 26.3. The van der Waals surface area contributed by atoms with E-state index in [1.54, 1.807) is 4.90 Å². The highest BCUT2D eigenvalue weighted by molar-refractivity contribution is 7.30. The van der Waals surface area contributed by atoms with Gasteiger partial charge in [0, 0.05) is 12.8 Å². The zero-order valence-corrected chi connectivity index (χ0v) is 37.4. The standard InChI is InChI=1S/C39H75O7P.C6H15N/c1-3-5-7-9-11-13-15-17-19-21-23-25-27-29-31-33-38(40)44-35-37(36-45-47(42)43)46-39(41)34-32-30-28-26-24-22-20-18-16-14-12-10-8-6-4-2;1-4-7(5-2)6-3/h37H,3-36H2,1-2H3;4-6H2,1-3H3/p+1/t37-;/m0./s1. The summed E-state index contributed by atoms with van der Waals surface area (Å²) in [5, 5.41) is 0. The van der Waals surface area contributed by atoms with Crippen molar-refractivity contribution in [2.75, 3.05) is 32.8 Å². The van der Waals surface area contributed by atoms with Gasteiger partial charge < -0.3 is 19.3 Å². The molecule has 8 nitrogen and oxygen atoms in total. The Bertz CT molecular complexity index is 790. The van der Waals surface area contributed by atoms with E-state index in [2.05, 4.69) is 39.1 Å². The molecule has 2 atom stereocenters. The Kier molecular flexibility index (Phi) is 47.2. The molecule has 0 aliphatic rings. The summed E-state index contributed by atoms with van der Waals surface area (Å²) in [6.45, 7) is 14.5. The first-order valence-electron chi connectivity index (χ1n) is 23.3. The second-order valence-electron chi connectivity index (χ2n) is 15.5. The molecule has 1 N–H and O–H groups in total. The van der Waals surface area contributed by atoms with Gasteiger partial charge in [0.05, 0.1) is 19.6 Å². The fourth-order valence-electron chi connectivity index (χ4n) is 6.79. The number of hydrogen-bond acceptors (Lipinski definition) is 7. The second-order valence-corrected chi connectivity index (χ2v) is 16.2. The number of ether oxygens (including phenoxy) is 2. The highest BCUT2D eigenvalue weighted by Gasteiger charge is 2.20. The minimum Gasteiger partial charge on any atom is -0.566 e. The highest BCUT2D eigenvalue weighted by atomic mass is 31.1. The molecule has 0 fully saturated rings. The molecule has 54 heavy (non-hydrogen) atoms. The van der Waals surface area contributed by atoms with Crippen molar-refractivity contribution in [1.82, 2.24) is 0 Å². The molecular weight excluding hydrogens is 697 g/mol. The number of unbranched alkanes of at least 4 members (excludes halogenated alkanes) is 28. The predicted molar refractivity (Wildman–Crippen MR) is 226 cm³/mol. The lowest BCUT2D eigenvalue weighted by atomic mass is 10.0. The lowest BCUT2D eigenvalue weighted by Crippen LogP contribution is -3.11. The van der Waals surface area contributed by atoms with Gasteiger partial charge in [-0.25, -0.2) is 0 Å². The van der Waals surface area contributed by atoms with Crippen LogP contribution in [0.1, 0.15) is 240 Å². The van der Waals surface area contributed by atoms with Gasteiger partial charge >= 0.3 is 20.2 Å². The number of hydrogen-bond donors (Lipinski definition) is 1. The quantitative estimate of drug-likeness (QED) is 0.0373. The number of carbonyl (C=O) groups is 2. The summed E-state index contributed by atoms with van der Waals surface area (Å²) in [5.41, 5.74) is 0. The molecule has 0 saturated heterocycles. The molecule has 0 aromatic carbocycles. The van der Waals surface area contributed by atoms with Gasteiger partial charge in [0.1, 0.15) is 13.2 Å². The number of quaternary nitrogens is 1. The van der Waals surface area contributed by atoms with Crippen LogP contribution in [0.2, 0.25) is 0 Å². The van der Waals surface area contributed by atoms with E-state index in [1.807, 2.05) is 0 Å².